The largest absolute Gasteiger partial charge is 0.439 e. The molecule has 7 heteroatoms. The van der Waals surface area contributed by atoms with Gasteiger partial charge in [0.2, 0.25) is 5.88 Å². The summed E-state index contributed by atoms with van der Waals surface area (Å²) in [5, 5.41) is 0. The molecule has 2 rings (SSSR count). The summed E-state index contributed by atoms with van der Waals surface area (Å²) in [6.45, 7) is 0.367. The van der Waals surface area contributed by atoms with Gasteiger partial charge in [-0.25, -0.2) is 14.4 Å². The maximum absolute atomic E-state index is 12.7. The molecule has 0 aliphatic rings. The number of aromatic nitrogens is 1. The second-order valence-electron chi connectivity index (χ2n) is 3.80. The van der Waals surface area contributed by atoms with Gasteiger partial charge in [-0.05, 0) is 29.8 Å². The summed E-state index contributed by atoms with van der Waals surface area (Å²) in [6.07, 6.45) is 1.62. The molecule has 0 spiro atoms. The highest BCUT2D eigenvalue weighted by molar-refractivity contribution is 14.0. The first-order valence-electron chi connectivity index (χ1n) is 5.57. The first-order valence-corrected chi connectivity index (χ1v) is 5.57. The van der Waals surface area contributed by atoms with Crippen molar-refractivity contribution < 1.29 is 9.13 Å². The summed E-state index contributed by atoms with van der Waals surface area (Å²) in [5.41, 5.74) is 11.3. The number of guanidine groups is 1. The van der Waals surface area contributed by atoms with Crippen molar-refractivity contribution >= 4 is 29.9 Å². The van der Waals surface area contributed by atoms with Gasteiger partial charge >= 0.3 is 0 Å². The monoisotopic (exact) mass is 388 g/mol. The van der Waals surface area contributed by atoms with Crippen molar-refractivity contribution in [1.29, 1.82) is 0 Å². The Morgan fingerprint density at radius 3 is 2.40 bits per heavy atom. The molecule has 4 N–H and O–H groups in total. The van der Waals surface area contributed by atoms with Gasteiger partial charge in [0.15, 0.2) is 5.96 Å². The lowest BCUT2D eigenvalue weighted by Gasteiger charge is -2.05. The molecule has 0 unspecified atom stereocenters. The maximum atomic E-state index is 12.7. The second-order valence-corrected chi connectivity index (χ2v) is 3.80. The standard InChI is InChI=1S/C13H13FN4O.HI/c14-10-2-4-11(5-3-10)19-12-6-1-9(7-17-12)8-18-13(15)16;/h1-7H,8H2,(H4,15,16,18);1H. The lowest BCUT2D eigenvalue weighted by atomic mass is 10.3. The lowest BCUT2D eigenvalue weighted by Crippen LogP contribution is -2.22. The summed E-state index contributed by atoms with van der Waals surface area (Å²) in [4.78, 5) is 7.98. The van der Waals surface area contributed by atoms with Crippen molar-refractivity contribution in [2.45, 2.75) is 6.54 Å². The molecule has 0 atom stereocenters. The molecule has 5 nitrogen and oxygen atoms in total. The van der Waals surface area contributed by atoms with E-state index in [0.717, 1.165) is 5.56 Å². The van der Waals surface area contributed by atoms with Crippen LogP contribution in [0.2, 0.25) is 0 Å². The lowest BCUT2D eigenvalue weighted by molar-refractivity contribution is 0.461. The van der Waals surface area contributed by atoms with Crippen molar-refractivity contribution in [3.63, 3.8) is 0 Å². The SMILES string of the molecule is I.NC(N)=NCc1ccc(Oc2ccc(F)cc2)nc1. The molecule has 20 heavy (non-hydrogen) atoms. The molecule has 1 heterocycles. The van der Waals surface area contributed by atoms with E-state index in [1.54, 1.807) is 18.3 Å². The van der Waals surface area contributed by atoms with E-state index in [-0.39, 0.29) is 35.8 Å². The fourth-order valence-electron chi connectivity index (χ4n) is 1.37. The number of rotatable bonds is 4. The Kier molecular flexibility index (Phi) is 6.16. The van der Waals surface area contributed by atoms with E-state index in [2.05, 4.69) is 9.98 Å². The third-order valence-electron chi connectivity index (χ3n) is 2.28. The highest BCUT2D eigenvalue weighted by Crippen LogP contribution is 2.19. The van der Waals surface area contributed by atoms with E-state index in [0.29, 0.717) is 18.2 Å². The molecule has 1 aromatic carbocycles. The smallest absolute Gasteiger partial charge is 0.219 e. The van der Waals surface area contributed by atoms with Crippen LogP contribution in [0, 0.1) is 5.82 Å². The molecule has 0 fully saturated rings. The third kappa shape index (κ3) is 5.00. The van der Waals surface area contributed by atoms with Gasteiger partial charge in [-0.1, -0.05) is 6.07 Å². The van der Waals surface area contributed by atoms with Crippen molar-refractivity contribution in [3.05, 3.63) is 54.0 Å². The van der Waals surface area contributed by atoms with Crippen molar-refractivity contribution in [1.82, 2.24) is 4.98 Å². The van der Waals surface area contributed by atoms with Crippen LogP contribution in [0.15, 0.2) is 47.6 Å². The average Bonchev–Trinajstić information content (AvgIpc) is 2.40. The van der Waals surface area contributed by atoms with Gasteiger partial charge in [0.1, 0.15) is 11.6 Å². The minimum Gasteiger partial charge on any atom is -0.439 e. The molecular weight excluding hydrogens is 374 g/mol. The molecule has 0 saturated heterocycles. The fourth-order valence-corrected chi connectivity index (χ4v) is 1.37. The number of hydrogen-bond acceptors (Lipinski definition) is 3. The van der Waals surface area contributed by atoms with Crippen LogP contribution in [0.1, 0.15) is 5.56 Å². The van der Waals surface area contributed by atoms with Crippen LogP contribution in [-0.4, -0.2) is 10.9 Å². The highest BCUT2D eigenvalue weighted by Gasteiger charge is 1.99. The molecule has 106 valence electrons. The van der Waals surface area contributed by atoms with Crippen molar-refractivity contribution in [2.75, 3.05) is 0 Å². The van der Waals surface area contributed by atoms with Crippen LogP contribution in [0.4, 0.5) is 4.39 Å². The van der Waals surface area contributed by atoms with Gasteiger partial charge in [0.05, 0.1) is 6.54 Å². The molecule has 2 aromatic rings. The minimum atomic E-state index is -0.312. The fraction of sp³-hybridized carbons (Fsp3) is 0.0769. The summed E-state index contributed by atoms with van der Waals surface area (Å²) in [5.74, 6) is 0.658. The van der Waals surface area contributed by atoms with E-state index in [1.165, 1.54) is 24.3 Å². The molecule has 0 amide bonds. The number of aliphatic imine (C=N–C) groups is 1. The number of ether oxygens (including phenoxy) is 1. The van der Waals surface area contributed by atoms with Crippen LogP contribution in [-0.2, 0) is 6.54 Å². The van der Waals surface area contributed by atoms with E-state index >= 15 is 0 Å². The average molecular weight is 388 g/mol. The third-order valence-corrected chi connectivity index (χ3v) is 2.28. The molecule has 0 radical (unpaired) electrons. The maximum Gasteiger partial charge on any atom is 0.219 e. The van der Waals surface area contributed by atoms with Crippen LogP contribution >= 0.6 is 24.0 Å². The van der Waals surface area contributed by atoms with Crippen molar-refractivity contribution in [3.8, 4) is 11.6 Å². The van der Waals surface area contributed by atoms with Crippen molar-refractivity contribution in [2.24, 2.45) is 16.5 Å². The molecular formula is C13H14FIN4O. The first kappa shape index (κ1) is 16.2. The predicted molar refractivity (Wildman–Crippen MR) is 85.6 cm³/mol. The van der Waals surface area contributed by atoms with Crippen LogP contribution in [0.5, 0.6) is 11.6 Å². The molecule has 0 aliphatic heterocycles. The number of pyridine rings is 1. The predicted octanol–water partition coefficient (Wildman–Crippen LogP) is 2.40. The normalized spacial score (nSPS) is 9.45. The number of benzene rings is 1. The van der Waals surface area contributed by atoms with E-state index < -0.39 is 0 Å². The van der Waals surface area contributed by atoms with Crippen LogP contribution in [0.25, 0.3) is 0 Å². The van der Waals surface area contributed by atoms with Gasteiger partial charge < -0.3 is 16.2 Å². The topological polar surface area (TPSA) is 86.5 Å². The Morgan fingerprint density at radius 1 is 1.15 bits per heavy atom. The number of hydrogen-bond donors (Lipinski definition) is 2. The minimum absolute atomic E-state index is 0. The zero-order chi connectivity index (χ0) is 13.7. The van der Waals surface area contributed by atoms with Crippen LogP contribution in [0.3, 0.4) is 0 Å². The summed E-state index contributed by atoms with van der Waals surface area (Å²) in [7, 11) is 0. The van der Waals surface area contributed by atoms with Gasteiger partial charge in [0.25, 0.3) is 0 Å². The zero-order valence-corrected chi connectivity index (χ0v) is 12.8. The van der Waals surface area contributed by atoms with Gasteiger partial charge in [0, 0.05) is 12.3 Å². The number of nitrogens with zero attached hydrogens (tertiary/aromatic N) is 2. The Hall–Kier alpha value is -1.90. The Balaban J connectivity index is 0.00000200. The highest BCUT2D eigenvalue weighted by atomic mass is 127. The second kappa shape index (κ2) is 7.63. The van der Waals surface area contributed by atoms with E-state index in [9.17, 15) is 4.39 Å². The van der Waals surface area contributed by atoms with E-state index in [4.69, 9.17) is 16.2 Å². The molecule has 0 saturated carbocycles. The van der Waals surface area contributed by atoms with E-state index in [1.807, 2.05) is 0 Å². The Morgan fingerprint density at radius 2 is 1.85 bits per heavy atom. The summed E-state index contributed by atoms with van der Waals surface area (Å²) >= 11 is 0. The molecule has 0 bridgehead atoms. The van der Waals surface area contributed by atoms with Gasteiger partial charge in [-0.3, -0.25) is 0 Å². The quantitative estimate of drug-likeness (QED) is 0.479. The summed E-state index contributed by atoms with van der Waals surface area (Å²) in [6, 6.07) is 9.21. The summed E-state index contributed by atoms with van der Waals surface area (Å²) < 4.78 is 18.2. The Labute approximate surface area is 132 Å². The number of nitrogens with two attached hydrogens (primary N) is 2. The first-order chi connectivity index (χ1) is 9.13. The van der Waals surface area contributed by atoms with Gasteiger partial charge in [-0.15, -0.1) is 24.0 Å². The van der Waals surface area contributed by atoms with Gasteiger partial charge in [-0.2, -0.15) is 0 Å². The van der Waals surface area contributed by atoms with Crippen LogP contribution < -0.4 is 16.2 Å². The molecule has 0 aliphatic carbocycles. The molecule has 1 aromatic heterocycles. The number of halogens is 2. The Bertz CT molecular complexity index is 568. The zero-order valence-electron chi connectivity index (χ0n) is 10.5.